The van der Waals surface area contributed by atoms with Gasteiger partial charge in [-0.2, -0.15) is 0 Å². The molecule has 1 fully saturated rings. The van der Waals surface area contributed by atoms with Gasteiger partial charge >= 0.3 is 0 Å². The third kappa shape index (κ3) is 5.45. The zero-order chi connectivity index (χ0) is 21.1. The van der Waals surface area contributed by atoms with E-state index in [2.05, 4.69) is 70.7 Å². The molecular weight excluding hydrogens is 631 g/mol. The van der Waals surface area contributed by atoms with Gasteiger partial charge in [-0.25, -0.2) is 4.99 Å². The Labute approximate surface area is 204 Å². The first-order valence-electron chi connectivity index (χ1n) is 8.40. The Hall–Kier alpha value is -1.28. The van der Waals surface area contributed by atoms with Gasteiger partial charge in [0.05, 0.1) is 18.6 Å². The molecule has 1 aliphatic rings. The maximum atomic E-state index is 12.4. The number of nitrogens with zero attached hydrogens (tertiary/aromatic N) is 1. The van der Waals surface area contributed by atoms with Gasteiger partial charge in [-0.1, -0.05) is 21.9 Å². The van der Waals surface area contributed by atoms with Crippen molar-refractivity contribution in [3.8, 4) is 18.1 Å². The van der Waals surface area contributed by atoms with Gasteiger partial charge in [-0.15, -0.1) is 6.42 Å². The summed E-state index contributed by atoms with van der Waals surface area (Å²) in [4.78, 5) is 17.6. The van der Waals surface area contributed by atoms with E-state index in [1.54, 1.807) is 0 Å². The van der Waals surface area contributed by atoms with Crippen molar-refractivity contribution in [3.05, 3.63) is 58.4 Å². The van der Waals surface area contributed by atoms with Gasteiger partial charge in [-0.3, -0.25) is 4.79 Å². The second-order valence-electron chi connectivity index (χ2n) is 6.18. The van der Waals surface area contributed by atoms with Gasteiger partial charge in [-0.05, 0) is 111 Å². The summed E-state index contributed by atoms with van der Waals surface area (Å²) >= 11 is 10.6. The number of thioether (sulfide) groups is 1. The Bertz CT molecular complexity index is 1060. The van der Waals surface area contributed by atoms with Crippen molar-refractivity contribution in [1.29, 1.82) is 0 Å². The molecule has 0 atom stereocenters. The molecule has 0 spiro atoms. The molecule has 29 heavy (non-hydrogen) atoms. The molecule has 0 saturated carbocycles. The summed E-state index contributed by atoms with van der Waals surface area (Å²) in [6.45, 7) is 4.23. The molecular formula is C21H15Br2IN2O2S. The van der Waals surface area contributed by atoms with E-state index >= 15 is 0 Å². The molecule has 1 amide bonds. The number of amides is 1. The molecule has 3 rings (SSSR count). The fourth-order valence-corrected chi connectivity index (χ4v) is 5.49. The molecule has 0 bridgehead atoms. The van der Waals surface area contributed by atoms with E-state index in [1.165, 1.54) is 11.8 Å². The minimum absolute atomic E-state index is 0.168. The van der Waals surface area contributed by atoms with Crippen LogP contribution in [0.1, 0.15) is 16.7 Å². The SMILES string of the molecule is C#CCOc1c(Br)cc(/C=C2\SC(=Nc3cc(C)c(Br)c(C)c3)NC2=O)cc1I. The number of hydrogen-bond donors (Lipinski definition) is 1. The second-order valence-corrected chi connectivity index (χ2v) is 10.0. The molecule has 1 N–H and O–H groups in total. The van der Waals surface area contributed by atoms with Crippen molar-refractivity contribution in [2.24, 2.45) is 4.99 Å². The van der Waals surface area contributed by atoms with E-state index in [4.69, 9.17) is 11.2 Å². The van der Waals surface area contributed by atoms with Crippen LogP contribution >= 0.6 is 66.2 Å². The number of aryl methyl sites for hydroxylation is 2. The summed E-state index contributed by atoms with van der Waals surface area (Å²) in [7, 11) is 0. The minimum Gasteiger partial charge on any atom is -0.479 e. The number of carbonyl (C=O) groups is 1. The average Bonchev–Trinajstić information content (AvgIpc) is 2.98. The number of amidine groups is 1. The van der Waals surface area contributed by atoms with Crippen LogP contribution in [-0.2, 0) is 4.79 Å². The number of benzene rings is 2. The number of halogens is 3. The van der Waals surface area contributed by atoms with E-state index in [1.807, 2.05) is 44.2 Å². The highest BCUT2D eigenvalue weighted by atomic mass is 127. The molecule has 148 valence electrons. The standard InChI is InChI=1S/C21H15Br2IN2O2S/c1-4-5-28-19-15(22)8-13(9-16(19)24)10-17-20(27)26-21(29-17)25-14-6-11(2)18(23)12(3)7-14/h1,6-10H,5H2,2-3H3,(H,25,26,27)/b17-10-. The van der Waals surface area contributed by atoms with Crippen LogP contribution in [0.25, 0.3) is 6.08 Å². The van der Waals surface area contributed by atoms with Crippen LogP contribution in [-0.4, -0.2) is 17.7 Å². The van der Waals surface area contributed by atoms with Crippen LogP contribution in [0.5, 0.6) is 5.75 Å². The molecule has 0 aromatic heterocycles. The van der Waals surface area contributed by atoms with Crippen molar-refractivity contribution in [2.45, 2.75) is 13.8 Å². The van der Waals surface area contributed by atoms with Crippen molar-refractivity contribution in [1.82, 2.24) is 5.32 Å². The van der Waals surface area contributed by atoms with E-state index in [9.17, 15) is 4.79 Å². The van der Waals surface area contributed by atoms with Crippen LogP contribution in [0, 0.1) is 29.8 Å². The Morgan fingerprint density at radius 3 is 2.59 bits per heavy atom. The number of ether oxygens (including phenoxy) is 1. The molecule has 1 saturated heterocycles. The van der Waals surface area contributed by atoms with Gasteiger partial charge < -0.3 is 10.1 Å². The van der Waals surface area contributed by atoms with E-state index < -0.39 is 0 Å². The number of rotatable bonds is 4. The smallest absolute Gasteiger partial charge is 0.264 e. The lowest BCUT2D eigenvalue weighted by molar-refractivity contribution is -0.115. The maximum Gasteiger partial charge on any atom is 0.264 e. The topological polar surface area (TPSA) is 50.7 Å². The zero-order valence-electron chi connectivity index (χ0n) is 15.5. The largest absolute Gasteiger partial charge is 0.479 e. The summed E-state index contributed by atoms with van der Waals surface area (Å²) in [5.74, 6) is 2.98. The Morgan fingerprint density at radius 2 is 1.97 bits per heavy atom. The summed E-state index contributed by atoms with van der Waals surface area (Å²) in [6, 6.07) is 7.79. The number of carbonyl (C=O) groups excluding carboxylic acids is 1. The summed E-state index contributed by atoms with van der Waals surface area (Å²) < 4.78 is 8.31. The highest BCUT2D eigenvalue weighted by Gasteiger charge is 2.24. The van der Waals surface area contributed by atoms with Crippen molar-refractivity contribution in [3.63, 3.8) is 0 Å². The predicted molar refractivity (Wildman–Crippen MR) is 136 cm³/mol. The van der Waals surface area contributed by atoms with Crippen molar-refractivity contribution >= 4 is 89.1 Å². The normalized spacial score (nSPS) is 16.2. The molecule has 0 unspecified atom stereocenters. The molecule has 0 aliphatic carbocycles. The Kier molecular flexibility index (Phi) is 7.48. The average molecular weight is 646 g/mol. The summed E-state index contributed by atoms with van der Waals surface area (Å²) in [5.41, 5.74) is 3.88. The third-order valence-corrected chi connectivity index (χ3v) is 7.47. The molecule has 1 heterocycles. The Balaban J connectivity index is 1.85. The zero-order valence-corrected chi connectivity index (χ0v) is 21.6. The molecule has 1 aliphatic heterocycles. The van der Waals surface area contributed by atoms with E-state index in [0.29, 0.717) is 15.8 Å². The highest BCUT2D eigenvalue weighted by Crippen LogP contribution is 2.35. The van der Waals surface area contributed by atoms with Crippen LogP contribution in [0.4, 0.5) is 5.69 Å². The lowest BCUT2D eigenvalue weighted by Gasteiger charge is -2.09. The summed E-state index contributed by atoms with van der Waals surface area (Å²) in [6.07, 6.45) is 7.09. The van der Waals surface area contributed by atoms with Crippen molar-refractivity contribution < 1.29 is 9.53 Å². The second kappa shape index (κ2) is 9.69. The molecule has 4 nitrogen and oxygen atoms in total. The molecule has 2 aromatic carbocycles. The fourth-order valence-electron chi connectivity index (χ4n) is 2.65. The lowest BCUT2D eigenvalue weighted by Crippen LogP contribution is -2.19. The monoisotopic (exact) mass is 644 g/mol. The predicted octanol–water partition coefficient (Wildman–Crippen LogP) is 6.34. The van der Waals surface area contributed by atoms with Crippen LogP contribution in [0.15, 0.2) is 43.1 Å². The number of terminal acetylenes is 1. The number of hydrogen-bond acceptors (Lipinski definition) is 4. The quantitative estimate of drug-likeness (QED) is 0.240. The van der Waals surface area contributed by atoms with E-state index in [0.717, 1.165) is 34.9 Å². The molecule has 8 heteroatoms. The first kappa shape index (κ1) is 22.4. The Morgan fingerprint density at radius 1 is 1.28 bits per heavy atom. The van der Waals surface area contributed by atoms with E-state index in [-0.39, 0.29) is 12.5 Å². The lowest BCUT2D eigenvalue weighted by atomic mass is 10.1. The van der Waals surface area contributed by atoms with Gasteiger partial charge in [0, 0.05) is 4.47 Å². The third-order valence-electron chi connectivity index (χ3n) is 3.92. The molecule has 2 aromatic rings. The van der Waals surface area contributed by atoms with Crippen LogP contribution in [0.3, 0.4) is 0 Å². The van der Waals surface area contributed by atoms with Crippen molar-refractivity contribution in [2.75, 3.05) is 6.61 Å². The van der Waals surface area contributed by atoms with Crippen LogP contribution in [0.2, 0.25) is 0 Å². The van der Waals surface area contributed by atoms with Gasteiger partial charge in [0.15, 0.2) is 5.17 Å². The minimum atomic E-state index is -0.168. The molecule has 0 radical (unpaired) electrons. The maximum absolute atomic E-state index is 12.4. The first-order chi connectivity index (χ1) is 13.8. The van der Waals surface area contributed by atoms with Crippen LogP contribution < -0.4 is 10.1 Å². The fraction of sp³-hybridized carbons (Fsp3) is 0.143. The van der Waals surface area contributed by atoms with Gasteiger partial charge in [0.1, 0.15) is 12.4 Å². The first-order valence-corrected chi connectivity index (χ1v) is 11.9. The van der Waals surface area contributed by atoms with Gasteiger partial charge in [0.25, 0.3) is 5.91 Å². The highest BCUT2D eigenvalue weighted by molar-refractivity contribution is 14.1. The summed E-state index contributed by atoms with van der Waals surface area (Å²) in [5, 5.41) is 3.39. The number of aliphatic imine (C=N–C) groups is 1. The van der Waals surface area contributed by atoms with Gasteiger partial charge in [0.2, 0.25) is 0 Å². The number of nitrogens with one attached hydrogen (secondary N) is 1.